The van der Waals surface area contributed by atoms with E-state index in [1.54, 1.807) is 12.1 Å². The standard InChI is InChI=1S/C25H28F2/c1-18-4-7-20(8-5-18)12-14-25(3)15-13-22(24(27)17-25)11-10-21-9-6-19(2)16-23(21)26/h4-9,13,15-16H,10-12,14,17H2,1-3H3. The summed E-state index contributed by atoms with van der Waals surface area (Å²) in [5.74, 6) is -0.241. The fourth-order valence-corrected chi connectivity index (χ4v) is 3.62. The van der Waals surface area contributed by atoms with Crippen molar-refractivity contribution in [1.82, 2.24) is 0 Å². The summed E-state index contributed by atoms with van der Waals surface area (Å²) in [7, 11) is 0. The molecule has 0 aliphatic heterocycles. The molecule has 2 heteroatoms. The zero-order chi connectivity index (χ0) is 19.4. The van der Waals surface area contributed by atoms with Crippen LogP contribution in [0.4, 0.5) is 8.78 Å². The summed E-state index contributed by atoms with van der Waals surface area (Å²) in [5, 5.41) is 0. The second-order valence-electron chi connectivity index (χ2n) is 8.17. The Morgan fingerprint density at radius 2 is 1.59 bits per heavy atom. The van der Waals surface area contributed by atoms with E-state index in [-0.39, 0.29) is 17.1 Å². The van der Waals surface area contributed by atoms with E-state index in [9.17, 15) is 8.78 Å². The molecule has 0 heterocycles. The monoisotopic (exact) mass is 366 g/mol. The van der Waals surface area contributed by atoms with Crippen LogP contribution in [0, 0.1) is 25.1 Å². The first-order chi connectivity index (χ1) is 12.8. The third kappa shape index (κ3) is 5.15. The lowest BCUT2D eigenvalue weighted by atomic mass is 9.76. The highest BCUT2D eigenvalue weighted by Gasteiger charge is 2.27. The molecule has 0 N–H and O–H groups in total. The van der Waals surface area contributed by atoms with Gasteiger partial charge in [-0.2, -0.15) is 0 Å². The van der Waals surface area contributed by atoms with Crippen LogP contribution in [-0.2, 0) is 12.8 Å². The zero-order valence-corrected chi connectivity index (χ0v) is 16.5. The van der Waals surface area contributed by atoms with Crippen LogP contribution in [0.15, 0.2) is 66.0 Å². The van der Waals surface area contributed by atoms with Crippen molar-refractivity contribution >= 4 is 0 Å². The Kier molecular flexibility index (Phi) is 5.94. The molecule has 2 aromatic rings. The average Bonchev–Trinajstić information content (AvgIpc) is 2.62. The summed E-state index contributed by atoms with van der Waals surface area (Å²) in [6.45, 7) is 6.07. The summed E-state index contributed by atoms with van der Waals surface area (Å²) in [6.07, 6.45) is 7.42. The van der Waals surface area contributed by atoms with Gasteiger partial charge in [0.2, 0.25) is 0 Å². The molecular formula is C25H28F2. The smallest absolute Gasteiger partial charge is 0.126 e. The van der Waals surface area contributed by atoms with Crippen LogP contribution in [0.2, 0.25) is 0 Å². The van der Waals surface area contributed by atoms with E-state index in [0.29, 0.717) is 30.4 Å². The number of aryl methyl sites for hydroxylation is 4. The van der Waals surface area contributed by atoms with Crippen LogP contribution >= 0.6 is 0 Å². The van der Waals surface area contributed by atoms with Gasteiger partial charge in [-0.05, 0) is 73.3 Å². The van der Waals surface area contributed by atoms with Crippen LogP contribution in [-0.4, -0.2) is 0 Å². The molecule has 1 aliphatic carbocycles. The summed E-state index contributed by atoms with van der Waals surface area (Å²) in [6, 6.07) is 13.8. The minimum atomic E-state index is -0.196. The Labute approximate surface area is 161 Å². The Balaban J connectivity index is 1.59. The maximum absolute atomic E-state index is 14.7. The van der Waals surface area contributed by atoms with E-state index in [1.165, 1.54) is 11.1 Å². The van der Waals surface area contributed by atoms with E-state index in [0.717, 1.165) is 18.4 Å². The number of allylic oxidation sites excluding steroid dienone is 4. The second kappa shape index (κ2) is 8.21. The fourth-order valence-electron chi connectivity index (χ4n) is 3.62. The van der Waals surface area contributed by atoms with Gasteiger partial charge in [-0.1, -0.05) is 61.0 Å². The van der Waals surface area contributed by atoms with E-state index in [2.05, 4.69) is 44.2 Å². The third-order valence-corrected chi connectivity index (χ3v) is 5.57. The molecule has 0 radical (unpaired) electrons. The summed E-state index contributed by atoms with van der Waals surface area (Å²) in [4.78, 5) is 0. The van der Waals surface area contributed by atoms with Crippen molar-refractivity contribution in [3.63, 3.8) is 0 Å². The summed E-state index contributed by atoms with van der Waals surface area (Å²) in [5.41, 5.74) is 4.66. The molecule has 142 valence electrons. The van der Waals surface area contributed by atoms with Crippen LogP contribution < -0.4 is 0 Å². The van der Waals surface area contributed by atoms with Crippen molar-refractivity contribution in [2.24, 2.45) is 5.41 Å². The van der Waals surface area contributed by atoms with Crippen LogP contribution in [0.25, 0.3) is 0 Å². The van der Waals surface area contributed by atoms with E-state index in [4.69, 9.17) is 0 Å². The topological polar surface area (TPSA) is 0 Å². The Hall–Kier alpha value is -2.22. The van der Waals surface area contributed by atoms with Crippen LogP contribution in [0.5, 0.6) is 0 Å². The molecule has 0 aromatic heterocycles. The van der Waals surface area contributed by atoms with Crippen molar-refractivity contribution in [2.75, 3.05) is 0 Å². The molecule has 27 heavy (non-hydrogen) atoms. The zero-order valence-electron chi connectivity index (χ0n) is 16.5. The predicted molar refractivity (Wildman–Crippen MR) is 109 cm³/mol. The van der Waals surface area contributed by atoms with Crippen LogP contribution in [0.3, 0.4) is 0 Å². The second-order valence-corrected chi connectivity index (χ2v) is 8.17. The predicted octanol–water partition coefficient (Wildman–Crippen LogP) is 7.20. The Morgan fingerprint density at radius 1 is 0.889 bits per heavy atom. The van der Waals surface area contributed by atoms with Crippen molar-refractivity contribution in [3.05, 3.63) is 94.1 Å². The van der Waals surface area contributed by atoms with Crippen molar-refractivity contribution in [3.8, 4) is 0 Å². The first-order valence-electron chi connectivity index (χ1n) is 9.72. The quantitative estimate of drug-likeness (QED) is 0.507. The van der Waals surface area contributed by atoms with Gasteiger partial charge in [0.15, 0.2) is 0 Å². The molecule has 0 spiro atoms. The average molecular weight is 366 g/mol. The fraction of sp³-hybridized carbons (Fsp3) is 0.360. The summed E-state index contributed by atoms with van der Waals surface area (Å²) >= 11 is 0. The Morgan fingerprint density at radius 3 is 2.26 bits per heavy atom. The maximum Gasteiger partial charge on any atom is 0.126 e. The third-order valence-electron chi connectivity index (χ3n) is 5.57. The molecule has 0 bridgehead atoms. The molecule has 1 aliphatic rings. The van der Waals surface area contributed by atoms with Crippen molar-refractivity contribution < 1.29 is 8.78 Å². The van der Waals surface area contributed by atoms with Gasteiger partial charge in [0.1, 0.15) is 11.6 Å². The van der Waals surface area contributed by atoms with E-state index in [1.807, 2.05) is 19.1 Å². The SMILES string of the molecule is Cc1ccc(CCC2(C)C=CC(CCc3ccc(C)cc3F)=C(F)C2)cc1. The lowest BCUT2D eigenvalue weighted by molar-refractivity contribution is 0.345. The van der Waals surface area contributed by atoms with Gasteiger partial charge in [0.05, 0.1) is 0 Å². The molecule has 0 saturated carbocycles. The molecule has 3 rings (SSSR count). The molecule has 1 unspecified atom stereocenters. The molecule has 0 fully saturated rings. The number of hydrogen-bond donors (Lipinski definition) is 0. The molecule has 0 saturated heterocycles. The van der Waals surface area contributed by atoms with Gasteiger partial charge in [0.25, 0.3) is 0 Å². The normalized spacial score (nSPS) is 19.6. The molecule has 1 atom stereocenters. The largest absolute Gasteiger partial charge is 0.211 e. The number of hydrogen-bond acceptors (Lipinski definition) is 0. The number of rotatable bonds is 6. The molecule has 2 aromatic carbocycles. The van der Waals surface area contributed by atoms with Crippen molar-refractivity contribution in [2.45, 2.75) is 52.9 Å². The highest BCUT2D eigenvalue weighted by Crippen LogP contribution is 2.39. The number of benzene rings is 2. The molecular weight excluding hydrogens is 338 g/mol. The van der Waals surface area contributed by atoms with Gasteiger partial charge in [-0.25, -0.2) is 8.78 Å². The van der Waals surface area contributed by atoms with Crippen LogP contribution in [0.1, 0.15) is 48.4 Å². The maximum atomic E-state index is 14.7. The summed E-state index contributed by atoms with van der Waals surface area (Å²) < 4.78 is 28.7. The van der Waals surface area contributed by atoms with Gasteiger partial charge < -0.3 is 0 Å². The highest BCUT2D eigenvalue weighted by atomic mass is 19.1. The lowest BCUT2D eigenvalue weighted by Gasteiger charge is -2.29. The van der Waals surface area contributed by atoms with Gasteiger partial charge >= 0.3 is 0 Å². The highest BCUT2D eigenvalue weighted by molar-refractivity contribution is 5.32. The molecule has 0 nitrogen and oxygen atoms in total. The minimum absolute atomic E-state index is 0.0450. The van der Waals surface area contributed by atoms with Gasteiger partial charge in [-0.3, -0.25) is 0 Å². The van der Waals surface area contributed by atoms with Gasteiger partial charge in [-0.15, -0.1) is 0 Å². The Bertz CT molecular complexity index is 858. The molecule has 0 amide bonds. The van der Waals surface area contributed by atoms with E-state index >= 15 is 0 Å². The van der Waals surface area contributed by atoms with Gasteiger partial charge in [0, 0.05) is 6.42 Å². The number of halogens is 2. The van der Waals surface area contributed by atoms with Crippen molar-refractivity contribution in [1.29, 1.82) is 0 Å². The van der Waals surface area contributed by atoms with E-state index < -0.39 is 0 Å². The first kappa shape index (κ1) is 19.5. The lowest BCUT2D eigenvalue weighted by Crippen LogP contribution is -2.18. The minimum Gasteiger partial charge on any atom is -0.211 e. The first-order valence-corrected chi connectivity index (χ1v) is 9.72.